The SMILES string of the molecule is CCCCCC(NC(=O)OC(C)(C)C)C(=O)CC. The van der Waals surface area contributed by atoms with E-state index in [0.717, 1.165) is 19.3 Å². The normalized spacial score (nSPS) is 12.9. The highest BCUT2D eigenvalue weighted by molar-refractivity contribution is 5.87. The standard InChI is InChI=1S/C14H27NO3/c1-6-8-9-10-11(12(16)7-2)15-13(17)18-14(3,4)5/h11H,6-10H2,1-5H3,(H,15,17). The van der Waals surface area contributed by atoms with Crippen LogP contribution in [0.15, 0.2) is 0 Å². The van der Waals surface area contributed by atoms with Crippen molar-refractivity contribution >= 4 is 11.9 Å². The Kier molecular flexibility index (Phi) is 7.64. The topological polar surface area (TPSA) is 55.4 Å². The molecule has 0 aromatic heterocycles. The van der Waals surface area contributed by atoms with Gasteiger partial charge in [-0.1, -0.05) is 33.1 Å². The molecule has 0 bridgehead atoms. The number of unbranched alkanes of at least 4 members (excludes halogenated alkanes) is 2. The molecule has 1 unspecified atom stereocenters. The summed E-state index contributed by atoms with van der Waals surface area (Å²) in [6.45, 7) is 9.34. The van der Waals surface area contributed by atoms with Crippen LogP contribution in [0.2, 0.25) is 0 Å². The molecule has 0 heterocycles. The van der Waals surface area contributed by atoms with Gasteiger partial charge in [-0.3, -0.25) is 4.79 Å². The van der Waals surface area contributed by atoms with E-state index in [1.165, 1.54) is 0 Å². The number of hydrogen-bond acceptors (Lipinski definition) is 3. The number of ether oxygens (including phenoxy) is 1. The fourth-order valence-electron chi connectivity index (χ4n) is 1.61. The first-order chi connectivity index (χ1) is 8.30. The Morgan fingerprint density at radius 2 is 1.78 bits per heavy atom. The van der Waals surface area contributed by atoms with E-state index in [1.807, 2.05) is 6.92 Å². The Morgan fingerprint density at radius 1 is 1.17 bits per heavy atom. The number of rotatable bonds is 7. The predicted molar refractivity (Wildman–Crippen MR) is 72.6 cm³/mol. The van der Waals surface area contributed by atoms with Gasteiger partial charge >= 0.3 is 6.09 Å². The molecule has 1 atom stereocenters. The van der Waals surface area contributed by atoms with Gasteiger partial charge in [-0.2, -0.15) is 0 Å². The Balaban J connectivity index is 4.31. The minimum Gasteiger partial charge on any atom is -0.444 e. The smallest absolute Gasteiger partial charge is 0.408 e. The highest BCUT2D eigenvalue weighted by atomic mass is 16.6. The molecule has 0 aliphatic rings. The van der Waals surface area contributed by atoms with Crippen LogP contribution >= 0.6 is 0 Å². The van der Waals surface area contributed by atoms with E-state index in [-0.39, 0.29) is 5.78 Å². The summed E-state index contributed by atoms with van der Waals surface area (Å²) in [6.07, 6.45) is 3.74. The average Bonchev–Trinajstić information content (AvgIpc) is 2.24. The summed E-state index contributed by atoms with van der Waals surface area (Å²) in [5.74, 6) is 0.0666. The third-order valence-corrected chi connectivity index (χ3v) is 2.52. The second-order valence-electron chi connectivity index (χ2n) is 5.51. The van der Waals surface area contributed by atoms with Crippen LogP contribution in [0.25, 0.3) is 0 Å². The lowest BCUT2D eigenvalue weighted by atomic mass is 10.0. The summed E-state index contributed by atoms with van der Waals surface area (Å²) in [6, 6.07) is -0.406. The molecule has 0 saturated carbocycles. The van der Waals surface area contributed by atoms with Crippen molar-refractivity contribution < 1.29 is 14.3 Å². The Labute approximate surface area is 110 Å². The minimum atomic E-state index is -0.534. The van der Waals surface area contributed by atoms with Crippen LogP contribution in [-0.2, 0) is 9.53 Å². The van der Waals surface area contributed by atoms with Crippen molar-refractivity contribution in [3.63, 3.8) is 0 Å². The van der Waals surface area contributed by atoms with Crippen molar-refractivity contribution in [2.45, 2.75) is 78.4 Å². The van der Waals surface area contributed by atoms with Gasteiger partial charge in [0.15, 0.2) is 5.78 Å². The van der Waals surface area contributed by atoms with Crippen molar-refractivity contribution in [1.29, 1.82) is 0 Å². The van der Waals surface area contributed by atoms with Crippen LogP contribution in [-0.4, -0.2) is 23.5 Å². The third kappa shape index (κ3) is 8.09. The molecular weight excluding hydrogens is 230 g/mol. The molecule has 106 valence electrons. The zero-order chi connectivity index (χ0) is 14.2. The molecule has 0 aliphatic heterocycles. The second-order valence-corrected chi connectivity index (χ2v) is 5.51. The van der Waals surface area contributed by atoms with Crippen molar-refractivity contribution in [3.8, 4) is 0 Å². The molecule has 0 radical (unpaired) electrons. The highest BCUT2D eigenvalue weighted by Gasteiger charge is 2.22. The summed E-state index contributed by atoms with van der Waals surface area (Å²) >= 11 is 0. The van der Waals surface area contributed by atoms with Crippen molar-refractivity contribution in [2.24, 2.45) is 0 Å². The molecule has 0 rings (SSSR count). The van der Waals surface area contributed by atoms with Crippen LogP contribution in [0.5, 0.6) is 0 Å². The van der Waals surface area contributed by atoms with Gasteiger partial charge in [0.2, 0.25) is 0 Å². The monoisotopic (exact) mass is 257 g/mol. The van der Waals surface area contributed by atoms with Gasteiger partial charge in [0.05, 0.1) is 6.04 Å². The van der Waals surface area contributed by atoms with Crippen LogP contribution in [0.4, 0.5) is 4.79 Å². The molecule has 1 N–H and O–H groups in total. The molecule has 0 aliphatic carbocycles. The summed E-state index contributed by atoms with van der Waals surface area (Å²) in [7, 11) is 0. The fraction of sp³-hybridized carbons (Fsp3) is 0.857. The lowest BCUT2D eigenvalue weighted by Crippen LogP contribution is -2.43. The molecule has 1 amide bonds. The number of carbonyl (C=O) groups is 2. The van der Waals surface area contributed by atoms with Gasteiger partial charge in [0.25, 0.3) is 0 Å². The lowest BCUT2D eigenvalue weighted by molar-refractivity contribution is -0.121. The molecule has 4 nitrogen and oxygen atoms in total. The number of ketones is 1. The Hall–Kier alpha value is -1.06. The fourth-order valence-corrected chi connectivity index (χ4v) is 1.61. The van der Waals surface area contributed by atoms with E-state index in [0.29, 0.717) is 12.8 Å². The first kappa shape index (κ1) is 16.9. The molecular formula is C14H27NO3. The number of amides is 1. The van der Waals surface area contributed by atoms with Gasteiger partial charge in [-0.05, 0) is 27.2 Å². The predicted octanol–water partition coefficient (Wildman–Crippen LogP) is 3.44. The average molecular weight is 257 g/mol. The van der Waals surface area contributed by atoms with Crippen molar-refractivity contribution in [1.82, 2.24) is 5.32 Å². The molecule has 18 heavy (non-hydrogen) atoms. The number of carbonyl (C=O) groups excluding carboxylic acids is 2. The number of alkyl carbamates (subject to hydrolysis) is 1. The quantitative estimate of drug-likeness (QED) is 0.711. The maximum absolute atomic E-state index is 11.7. The number of hydrogen-bond donors (Lipinski definition) is 1. The molecule has 0 aromatic rings. The summed E-state index contributed by atoms with van der Waals surface area (Å²) in [4.78, 5) is 23.4. The molecule has 0 spiro atoms. The van der Waals surface area contributed by atoms with E-state index in [1.54, 1.807) is 20.8 Å². The maximum atomic E-state index is 11.7. The number of nitrogens with one attached hydrogen (secondary N) is 1. The molecule has 0 aromatic carbocycles. The Morgan fingerprint density at radius 3 is 2.22 bits per heavy atom. The highest BCUT2D eigenvalue weighted by Crippen LogP contribution is 2.10. The minimum absolute atomic E-state index is 0.0666. The first-order valence-electron chi connectivity index (χ1n) is 6.82. The van der Waals surface area contributed by atoms with Gasteiger partial charge in [-0.25, -0.2) is 4.79 Å². The Bertz CT molecular complexity index is 269. The van der Waals surface area contributed by atoms with Gasteiger partial charge in [0, 0.05) is 6.42 Å². The van der Waals surface area contributed by atoms with Gasteiger partial charge < -0.3 is 10.1 Å². The molecule has 0 fully saturated rings. The largest absolute Gasteiger partial charge is 0.444 e. The van der Waals surface area contributed by atoms with Gasteiger partial charge in [0.1, 0.15) is 5.60 Å². The third-order valence-electron chi connectivity index (χ3n) is 2.52. The first-order valence-corrected chi connectivity index (χ1v) is 6.82. The van der Waals surface area contributed by atoms with Crippen molar-refractivity contribution in [2.75, 3.05) is 0 Å². The summed E-state index contributed by atoms with van der Waals surface area (Å²) < 4.78 is 5.17. The zero-order valence-electron chi connectivity index (χ0n) is 12.3. The van der Waals surface area contributed by atoms with E-state index < -0.39 is 17.7 Å². The molecule has 4 heteroatoms. The van der Waals surface area contributed by atoms with E-state index in [2.05, 4.69) is 12.2 Å². The van der Waals surface area contributed by atoms with E-state index in [4.69, 9.17) is 4.74 Å². The van der Waals surface area contributed by atoms with E-state index >= 15 is 0 Å². The van der Waals surface area contributed by atoms with Crippen LogP contribution < -0.4 is 5.32 Å². The van der Waals surface area contributed by atoms with Crippen LogP contribution in [0.1, 0.15) is 66.7 Å². The maximum Gasteiger partial charge on any atom is 0.408 e. The van der Waals surface area contributed by atoms with Gasteiger partial charge in [-0.15, -0.1) is 0 Å². The molecule has 0 saturated heterocycles. The summed E-state index contributed by atoms with van der Waals surface area (Å²) in [5, 5.41) is 2.67. The van der Waals surface area contributed by atoms with Crippen LogP contribution in [0.3, 0.4) is 0 Å². The van der Waals surface area contributed by atoms with Crippen molar-refractivity contribution in [3.05, 3.63) is 0 Å². The lowest BCUT2D eigenvalue weighted by Gasteiger charge is -2.23. The number of Topliss-reactive ketones (excluding diaryl/α,β-unsaturated/α-hetero) is 1. The summed E-state index contributed by atoms with van der Waals surface area (Å²) in [5.41, 5.74) is -0.534. The second kappa shape index (κ2) is 8.11. The van der Waals surface area contributed by atoms with E-state index in [9.17, 15) is 9.59 Å². The van der Waals surface area contributed by atoms with Crippen LogP contribution in [0, 0.1) is 0 Å². The zero-order valence-corrected chi connectivity index (χ0v) is 12.3.